The molecule has 4 nitrogen and oxygen atoms in total. The third-order valence-electron chi connectivity index (χ3n) is 3.41. The van der Waals surface area contributed by atoms with Gasteiger partial charge < -0.3 is 20.5 Å². The third-order valence-corrected chi connectivity index (χ3v) is 3.65. The van der Waals surface area contributed by atoms with Gasteiger partial charge in [0.2, 0.25) is 0 Å². The zero-order valence-corrected chi connectivity index (χ0v) is 11.9. The highest BCUT2D eigenvalue weighted by atomic mass is 32.1. The van der Waals surface area contributed by atoms with Crippen LogP contribution in [0.4, 0.5) is 14.5 Å². The number of methoxy groups -OCH3 is 1. The minimum absolute atomic E-state index is 0.0492. The fourth-order valence-corrected chi connectivity index (χ4v) is 2.21. The van der Waals surface area contributed by atoms with Crippen LogP contribution >= 0.6 is 12.2 Å². The Balaban J connectivity index is 2.15. The van der Waals surface area contributed by atoms with Gasteiger partial charge in [-0.2, -0.15) is 0 Å². The number of hydrogen-bond donors (Lipinski definition) is 2. The second-order valence-corrected chi connectivity index (χ2v) is 5.16. The quantitative estimate of drug-likeness (QED) is 0.813. The van der Waals surface area contributed by atoms with Crippen LogP contribution in [0.25, 0.3) is 0 Å². The average molecular weight is 302 g/mol. The van der Waals surface area contributed by atoms with Crippen molar-refractivity contribution in [3.63, 3.8) is 0 Å². The van der Waals surface area contributed by atoms with E-state index >= 15 is 0 Å². The molecule has 110 valence electrons. The first kappa shape index (κ1) is 15.1. The standard InChI is InChI=1S/C13H16F2N2O2S/c1-18-13(2-3-19-7-13)6-17-11-9(14)4-8(12(16)20)5-10(11)15/h4-5,17H,2-3,6-7H2,1H3,(H2,16,20). The second kappa shape index (κ2) is 5.99. The topological polar surface area (TPSA) is 56.5 Å². The molecule has 1 aliphatic rings. The Morgan fingerprint density at radius 2 is 2.15 bits per heavy atom. The summed E-state index contributed by atoms with van der Waals surface area (Å²) in [6, 6.07) is 2.22. The van der Waals surface area contributed by atoms with Gasteiger partial charge >= 0.3 is 0 Å². The first-order chi connectivity index (χ1) is 9.47. The Morgan fingerprint density at radius 3 is 2.60 bits per heavy atom. The van der Waals surface area contributed by atoms with Crippen molar-refractivity contribution in [1.29, 1.82) is 0 Å². The number of halogens is 2. The zero-order chi connectivity index (χ0) is 14.8. The number of rotatable bonds is 5. The lowest BCUT2D eigenvalue weighted by molar-refractivity contribution is -0.00627. The number of anilines is 1. The minimum Gasteiger partial charge on any atom is -0.389 e. The molecule has 1 atom stereocenters. The van der Waals surface area contributed by atoms with Crippen molar-refractivity contribution < 1.29 is 18.3 Å². The van der Waals surface area contributed by atoms with Gasteiger partial charge in [0, 0.05) is 32.2 Å². The monoisotopic (exact) mass is 302 g/mol. The molecule has 1 aromatic carbocycles. The van der Waals surface area contributed by atoms with Crippen molar-refractivity contribution in [2.24, 2.45) is 5.73 Å². The molecule has 0 amide bonds. The smallest absolute Gasteiger partial charge is 0.150 e. The normalized spacial score (nSPS) is 21.9. The van der Waals surface area contributed by atoms with Crippen LogP contribution in [0.1, 0.15) is 12.0 Å². The lowest BCUT2D eigenvalue weighted by atomic mass is 10.0. The molecule has 2 rings (SSSR count). The second-order valence-electron chi connectivity index (χ2n) is 4.72. The molecule has 1 heterocycles. The van der Waals surface area contributed by atoms with Crippen LogP contribution in [0.15, 0.2) is 12.1 Å². The number of ether oxygens (including phenoxy) is 2. The first-order valence-corrected chi connectivity index (χ1v) is 6.54. The Bertz CT molecular complexity index is 496. The summed E-state index contributed by atoms with van der Waals surface area (Å²) in [5.41, 5.74) is 4.75. The van der Waals surface area contributed by atoms with Gasteiger partial charge in [0.15, 0.2) is 0 Å². The first-order valence-electron chi connectivity index (χ1n) is 6.13. The molecule has 0 radical (unpaired) electrons. The number of thiocarbonyl (C=S) groups is 1. The summed E-state index contributed by atoms with van der Waals surface area (Å²) in [6.07, 6.45) is 0.671. The van der Waals surface area contributed by atoms with Gasteiger partial charge in [-0.25, -0.2) is 8.78 Å². The molecule has 1 fully saturated rings. The largest absolute Gasteiger partial charge is 0.389 e. The van der Waals surface area contributed by atoms with Crippen molar-refractivity contribution in [3.05, 3.63) is 29.3 Å². The van der Waals surface area contributed by atoms with Gasteiger partial charge in [-0.3, -0.25) is 0 Å². The van der Waals surface area contributed by atoms with E-state index in [1.807, 2.05) is 0 Å². The van der Waals surface area contributed by atoms with Gasteiger partial charge in [-0.1, -0.05) is 12.2 Å². The predicted molar refractivity (Wildman–Crippen MR) is 75.9 cm³/mol. The van der Waals surface area contributed by atoms with Crippen LogP contribution in [0, 0.1) is 11.6 Å². The van der Waals surface area contributed by atoms with Crippen LogP contribution in [0.5, 0.6) is 0 Å². The number of nitrogens with two attached hydrogens (primary N) is 1. The maximum Gasteiger partial charge on any atom is 0.150 e. The maximum absolute atomic E-state index is 13.9. The summed E-state index contributed by atoms with van der Waals surface area (Å²) in [5, 5.41) is 2.74. The summed E-state index contributed by atoms with van der Waals surface area (Å²) >= 11 is 4.70. The highest BCUT2D eigenvalue weighted by molar-refractivity contribution is 7.80. The molecule has 1 saturated heterocycles. The molecular weight excluding hydrogens is 286 g/mol. The lowest BCUT2D eigenvalue weighted by Gasteiger charge is -2.26. The Hall–Kier alpha value is -1.31. The molecule has 1 aromatic rings. The van der Waals surface area contributed by atoms with E-state index in [-0.39, 0.29) is 22.8 Å². The van der Waals surface area contributed by atoms with E-state index in [1.54, 1.807) is 7.11 Å². The zero-order valence-electron chi connectivity index (χ0n) is 11.0. The molecular formula is C13H16F2N2O2S. The van der Waals surface area contributed by atoms with E-state index in [0.717, 1.165) is 12.1 Å². The van der Waals surface area contributed by atoms with Crippen molar-refractivity contribution in [3.8, 4) is 0 Å². The van der Waals surface area contributed by atoms with Gasteiger partial charge in [-0.05, 0) is 12.1 Å². The fourth-order valence-electron chi connectivity index (χ4n) is 2.09. The molecule has 0 spiro atoms. The average Bonchev–Trinajstić information content (AvgIpc) is 2.87. The van der Waals surface area contributed by atoms with Gasteiger partial charge in [0.1, 0.15) is 27.9 Å². The summed E-state index contributed by atoms with van der Waals surface area (Å²) < 4.78 is 38.4. The number of benzene rings is 1. The summed E-state index contributed by atoms with van der Waals surface area (Å²) in [4.78, 5) is -0.0492. The van der Waals surface area contributed by atoms with E-state index in [2.05, 4.69) is 5.32 Å². The van der Waals surface area contributed by atoms with E-state index in [9.17, 15) is 8.78 Å². The van der Waals surface area contributed by atoms with E-state index < -0.39 is 17.2 Å². The lowest BCUT2D eigenvalue weighted by Crippen LogP contribution is -2.40. The summed E-state index contributed by atoms with van der Waals surface area (Å²) in [7, 11) is 1.55. The van der Waals surface area contributed by atoms with Crippen LogP contribution in [0.2, 0.25) is 0 Å². The number of hydrogen-bond acceptors (Lipinski definition) is 4. The van der Waals surface area contributed by atoms with Gasteiger partial charge in [0.25, 0.3) is 0 Å². The van der Waals surface area contributed by atoms with Gasteiger partial charge in [0.05, 0.1) is 6.61 Å². The van der Waals surface area contributed by atoms with Crippen molar-refractivity contribution in [1.82, 2.24) is 0 Å². The van der Waals surface area contributed by atoms with E-state index in [0.29, 0.717) is 19.6 Å². The maximum atomic E-state index is 13.9. The van der Waals surface area contributed by atoms with Crippen molar-refractivity contribution in [2.75, 3.05) is 32.2 Å². The molecule has 1 unspecified atom stereocenters. The third kappa shape index (κ3) is 3.05. The highest BCUT2D eigenvalue weighted by Crippen LogP contribution is 2.26. The summed E-state index contributed by atoms with van der Waals surface area (Å²) in [6.45, 7) is 1.22. The molecule has 0 aliphatic carbocycles. The molecule has 0 aromatic heterocycles. The molecule has 0 saturated carbocycles. The van der Waals surface area contributed by atoms with Crippen LogP contribution in [-0.2, 0) is 9.47 Å². The highest BCUT2D eigenvalue weighted by Gasteiger charge is 2.35. The Kier molecular flexibility index (Phi) is 4.52. The van der Waals surface area contributed by atoms with Crippen molar-refractivity contribution in [2.45, 2.75) is 12.0 Å². The van der Waals surface area contributed by atoms with Gasteiger partial charge in [-0.15, -0.1) is 0 Å². The minimum atomic E-state index is -0.738. The molecule has 7 heteroatoms. The predicted octanol–water partition coefficient (Wildman–Crippen LogP) is 1.82. The van der Waals surface area contributed by atoms with Crippen molar-refractivity contribution >= 4 is 22.9 Å². The fraction of sp³-hybridized carbons (Fsp3) is 0.462. The van der Waals surface area contributed by atoms with Crippen LogP contribution in [-0.4, -0.2) is 37.5 Å². The molecule has 0 bridgehead atoms. The Labute approximate surface area is 121 Å². The molecule has 3 N–H and O–H groups in total. The summed E-state index contributed by atoms with van der Waals surface area (Å²) in [5.74, 6) is -1.48. The van der Waals surface area contributed by atoms with Crippen LogP contribution in [0.3, 0.4) is 0 Å². The Morgan fingerprint density at radius 1 is 1.50 bits per heavy atom. The van der Waals surface area contributed by atoms with E-state index in [4.69, 9.17) is 27.4 Å². The van der Waals surface area contributed by atoms with Crippen LogP contribution < -0.4 is 11.1 Å². The molecule has 1 aliphatic heterocycles. The van der Waals surface area contributed by atoms with E-state index in [1.165, 1.54) is 0 Å². The number of nitrogens with one attached hydrogen (secondary N) is 1. The SMILES string of the molecule is COC1(CNc2c(F)cc(C(N)=S)cc2F)CCOC1. The molecule has 20 heavy (non-hydrogen) atoms.